The molecular formula is C43H85N7O13. The van der Waals surface area contributed by atoms with Crippen molar-refractivity contribution in [3.05, 3.63) is 0 Å². The van der Waals surface area contributed by atoms with Crippen LogP contribution in [0.4, 0.5) is 4.79 Å². The zero-order valence-corrected chi connectivity index (χ0v) is 40.0. The van der Waals surface area contributed by atoms with Crippen LogP contribution < -0.4 is 37.6 Å². The number of Topliss-reactive ketones (excluding diaryl/α,β-unsaturated/α-hetero) is 1. The van der Waals surface area contributed by atoms with E-state index in [2.05, 4.69) is 38.8 Å². The summed E-state index contributed by atoms with van der Waals surface area (Å²) in [6.07, 6.45) is 4.50. The summed E-state index contributed by atoms with van der Waals surface area (Å²) < 4.78 is 32.7. The summed E-state index contributed by atoms with van der Waals surface area (Å²) in [5.41, 5.74) is 5.04. The molecule has 0 aromatic heterocycles. The molecule has 63 heavy (non-hydrogen) atoms. The van der Waals surface area contributed by atoms with E-state index in [0.29, 0.717) is 91.8 Å². The molecule has 0 aromatic rings. The molecule has 0 radical (unpaired) electrons. The van der Waals surface area contributed by atoms with E-state index >= 15 is 0 Å². The van der Waals surface area contributed by atoms with Crippen molar-refractivity contribution >= 4 is 41.4 Å². The number of unbranched alkanes of at least 4 members (excludes halogenated alkanes) is 2. The van der Waals surface area contributed by atoms with Crippen LogP contribution in [0.3, 0.4) is 0 Å². The van der Waals surface area contributed by atoms with Crippen molar-refractivity contribution in [1.29, 1.82) is 0 Å². The first-order valence-electron chi connectivity index (χ1n) is 22.7. The van der Waals surface area contributed by atoms with Gasteiger partial charge in [-0.15, -0.1) is 0 Å². The normalized spacial score (nSPS) is 12.0. The quantitative estimate of drug-likeness (QED) is 0.0435. The number of primary amides is 1. The Morgan fingerprint density at radius 1 is 0.492 bits per heavy atom. The van der Waals surface area contributed by atoms with E-state index in [1.807, 2.05) is 27.7 Å². The smallest absolute Gasteiger partial charge is 0.312 e. The van der Waals surface area contributed by atoms with Gasteiger partial charge in [0.1, 0.15) is 12.1 Å². The Labute approximate surface area is 377 Å². The Balaban J connectivity index is -0.00000872. The molecule has 0 saturated carbocycles. The van der Waals surface area contributed by atoms with Crippen molar-refractivity contribution in [2.75, 3.05) is 98.9 Å². The van der Waals surface area contributed by atoms with Gasteiger partial charge < -0.3 is 66.1 Å². The number of hydrogen-bond acceptors (Lipinski definition) is 13. The fourth-order valence-corrected chi connectivity index (χ4v) is 5.18. The topological polar surface area (TPSA) is 273 Å². The third-order valence-corrected chi connectivity index (χ3v) is 8.38. The predicted molar refractivity (Wildman–Crippen MR) is 241 cm³/mol. The summed E-state index contributed by atoms with van der Waals surface area (Å²) in [5.74, 6) is -1.90. The summed E-state index contributed by atoms with van der Waals surface area (Å²) in [6.45, 7) is 21.0. The first kappa shape index (κ1) is 63.3. The number of urea groups is 1. The molecule has 370 valence electrons. The minimum Gasteiger partial charge on any atom is -0.379 e. The summed E-state index contributed by atoms with van der Waals surface area (Å²) in [6, 6.07) is -2.79. The van der Waals surface area contributed by atoms with Gasteiger partial charge >= 0.3 is 6.03 Å². The molecule has 0 aliphatic carbocycles. The highest BCUT2D eigenvalue weighted by atomic mass is 16.5. The second-order valence-electron chi connectivity index (χ2n) is 14.0. The van der Waals surface area contributed by atoms with Gasteiger partial charge in [0.05, 0.1) is 85.3 Å². The van der Waals surface area contributed by atoms with Gasteiger partial charge in [-0.1, -0.05) is 67.7 Å². The van der Waals surface area contributed by atoms with Crippen LogP contribution in [0.25, 0.3) is 0 Å². The van der Waals surface area contributed by atoms with Gasteiger partial charge in [0.25, 0.3) is 0 Å². The Morgan fingerprint density at radius 3 is 1.41 bits per heavy atom. The SMILES string of the molecule is CC.CC.CCCCCC(NC(C)=O)C(=O)NCCOCCOCCOCCC(=O)NCCOCCOCCOCCC(=O)NC(C(=O)NC(CCCNC(N)=O)C(C)=O)C(C)C. The van der Waals surface area contributed by atoms with Gasteiger partial charge in [0.2, 0.25) is 29.5 Å². The molecule has 0 fully saturated rings. The number of amides is 7. The molecule has 0 heterocycles. The molecule has 0 aliphatic heterocycles. The molecule has 0 bridgehead atoms. The van der Waals surface area contributed by atoms with Crippen molar-refractivity contribution in [3.63, 3.8) is 0 Å². The molecule has 0 aromatic carbocycles. The molecule has 0 rings (SSSR count). The molecule has 8 N–H and O–H groups in total. The van der Waals surface area contributed by atoms with Crippen LogP contribution in [0.15, 0.2) is 0 Å². The number of nitrogens with one attached hydrogen (secondary N) is 6. The molecule has 20 nitrogen and oxygen atoms in total. The zero-order chi connectivity index (χ0) is 48.1. The maximum absolute atomic E-state index is 12.9. The van der Waals surface area contributed by atoms with Crippen LogP contribution in [-0.2, 0) is 57.2 Å². The number of rotatable bonds is 39. The molecule has 0 aliphatic rings. The number of carbonyl (C=O) groups excluding carboxylic acids is 7. The van der Waals surface area contributed by atoms with Crippen molar-refractivity contribution < 1.29 is 62.0 Å². The standard InChI is InChI=1S/C39H73N7O13.2C2H6/c1-6-7-8-10-33(44-31(5)48)37(51)42-16-20-57-24-28-58-25-21-54-17-12-34(49)41-15-19-56-23-27-59-26-22-55-18-13-35(50)46-36(29(2)3)38(52)45-32(30(4)47)11-9-14-43-39(40)53;2*1-2/h29,32-33,36H,6-28H2,1-5H3,(H,41,49)(H,42,51)(H,44,48)(H,45,52)(H,46,50)(H3,40,43,53);2*1-2H3. The fourth-order valence-electron chi connectivity index (χ4n) is 5.18. The van der Waals surface area contributed by atoms with Crippen molar-refractivity contribution in [2.45, 2.75) is 132 Å². The van der Waals surface area contributed by atoms with Crippen molar-refractivity contribution in [2.24, 2.45) is 11.7 Å². The Bertz CT molecular complexity index is 1200. The van der Waals surface area contributed by atoms with Gasteiger partial charge in [0, 0.05) is 39.4 Å². The Morgan fingerprint density at radius 2 is 0.952 bits per heavy atom. The highest BCUT2D eigenvalue weighted by molar-refractivity contribution is 5.92. The molecule has 7 amide bonds. The molecular weight excluding hydrogens is 823 g/mol. The highest BCUT2D eigenvalue weighted by Crippen LogP contribution is 2.06. The Kier molecular flexibility index (Phi) is 46.3. The number of nitrogens with two attached hydrogens (primary N) is 1. The van der Waals surface area contributed by atoms with E-state index in [1.54, 1.807) is 13.8 Å². The van der Waals surface area contributed by atoms with Crippen LogP contribution in [0, 0.1) is 5.92 Å². The average Bonchev–Trinajstić information content (AvgIpc) is 3.25. The average molecular weight is 908 g/mol. The maximum Gasteiger partial charge on any atom is 0.312 e. The summed E-state index contributed by atoms with van der Waals surface area (Å²) >= 11 is 0. The van der Waals surface area contributed by atoms with E-state index in [0.717, 1.165) is 19.3 Å². The third-order valence-electron chi connectivity index (χ3n) is 8.38. The van der Waals surface area contributed by atoms with Crippen LogP contribution in [0.1, 0.15) is 114 Å². The van der Waals surface area contributed by atoms with Gasteiger partial charge in [0.15, 0.2) is 5.78 Å². The minimum absolute atomic E-state index is 0.0344. The van der Waals surface area contributed by atoms with Crippen molar-refractivity contribution in [3.8, 4) is 0 Å². The lowest BCUT2D eigenvalue weighted by Gasteiger charge is -2.24. The van der Waals surface area contributed by atoms with Crippen molar-refractivity contribution in [1.82, 2.24) is 31.9 Å². The van der Waals surface area contributed by atoms with Crippen LogP contribution >= 0.6 is 0 Å². The number of carbonyl (C=O) groups is 7. The lowest BCUT2D eigenvalue weighted by molar-refractivity contribution is -0.132. The second kappa shape index (κ2) is 46.1. The monoisotopic (exact) mass is 908 g/mol. The largest absolute Gasteiger partial charge is 0.379 e. The lowest BCUT2D eigenvalue weighted by Crippen LogP contribution is -2.53. The molecule has 20 heteroatoms. The van der Waals surface area contributed by atoms with E-state index in [9.17, 15) is 33.6 Å². The summed E-state index contributed by atoms with van der Waals surface area (Å²) in [5, 5.41) is 16.1. The maximum atomic E-state index is 12.9. The van der Waals surface area contributed by atoms with E-state index in [1.165, 1.54) is 13.8 Å². The number of hydrogen-bond donors (Lipinski definition) is 7. The second-order valence-corrected chi connectivity index (χ2v) is 14.0. The predicted octanol–water partition coefficient (Wildman–Crippen LogP) is 1.90. The van der Waals surface area contributed by atoms with E-state index < -0.39 is 30.1 Å². The van der Waals surface area contributed by atoms with Gasteiger partial charge in [-0.25, -0.2) is 4.79 Å². The van der Waals surface area contributed by atoms with Crippen LogP contribution in [0.2, 0.25) is 0 Å². The van der Waals surface area contributed by atoms with E-state index in [4.69, 9.17) is 34.2 Å². The third kappa shape index (κ3) is 41.8. The van der Waals surface area contributed by atoms with Crippen LogP contribution in [-0.4, -0.2) is 158 Å². The highest BCUT2D eigenvalue weighted by Gasteiger charge is 2.27. The summed E-state index contributed by atoms with van der Waals surface area (Å²) in [7, 11) is 0. The molecule has 3 atom stereocenters. The first-order valence-corrected chi connectivity index (χ1v) is 22.7. The van der Waals surface area contributed by atoms with Gasteiger partial charge in [-0.2, -0.15) is 0 Å². The van der Waals surface area contributed by atoms with Crippen LogP contribution in [0.5, 0.6) is 0 Å². The first-order chi connectivity index (χ1) is 30.3. The van der Waals surface area contributed by atoms with Gasteiger partial charge in [-0.3, -0.25) is 28.8 Å². The van der Waals surface area contributed by atoms with E-state index in [-0.39, 0.29) is 74.5 Å². The fraction of sp³-hybridized carbons (Fsp3) is 0.837. The zero-order valence-electron chi connectivity index (χ0n) is 40.0. The minimum atomic E-state index is -0.840. The van der Waals surface area contributed by atoms with Gasteiger partial charge in [-0.05, 0) is 32.1 Å². The molecule has 0 spiro atoms. The Hall–Kier alpha value is -3.95. The summed E-state index contributed by atoms with van der Waals surface area (Å²) in [4.78, 5) is 83.9. The number of ketones is 1. The lowest BCUT2D eigenvalue weighted by atomic mass is 10.0. The number of ether oxygens (including phenoxy) is 6. The molecule has 3 unspecified atom stereocenters. The molecule has 0 saturated heterocycles.